The van der Waals surface area contributed by atoms with Crippen molar-refractivity contribution in [2.75, 3.05) is 52.9 Å². The van der Waals surface area contributed by atoms with Crippen LogP contribution in [0.4, 0.5) is 4.79 Å². The number of urea groups is 1. The Labute approximate surface area is 161 Å². The third-order valence-corrected chi connectivity index (χ3v) is 5.01. The molecule has 1 aromatic rings. The van der Waals surface area contributed by atoms with Crippen molar-refractivity contribution in [3.8, 4) is 0 Å². The van der Waals surface area contributed by atoms with Gasteiger partial charge in [0.05, 0.1) is 6.61 Å². The highest BCUT2D eigenvalue weighted by Crippen LogP contribution is 2.17. The zero-order chi connectivity index (χ0) is 19.2. The molecule has 0 aromatic heterocycles. The van der Waals surface area contributed by atoms with Gasteiger partial charge in [-0.05, 0) is 32.5 Å². The first-order valence-corrected chi connectivity index (χ1v) is 9.51. The quantitative estimate of drug-likeness (QED) is 0.755. The lowest BCUT2D eigenvalue weighted by Crippen LogP contribution is -2.57. The molecule has 2 N–H and O–H groups in total. The summed E-state index contributed by atoms with van der Waals surface area (Å²) in [6.45, 7) is 9.54. The number of carbonyl (C=O) groups excluding carboxylic acids is 1. The minimum Gasteiger partial charge on any atom is -0.395 e. The van der Waals surface area contributed by atoms with E-state index < -0.39 is 0 Å². The highest BCUT2D eigenvalue weighted by atomic mass is 35.5. The van der Waals surface area contributed by atoms with Crippen LogP contribution in [0.2, 0.25) is 5.02 Å². The number of aliphatic hydroxyl groups is 1. The van der Waals surface area contributed by atoms with Crippen LogP contribution in [-0.4, -0.2) is 84.3 Å². The van der Waals surface area contributed by atoms with Crippen LogP contribution in [0.1, 0.15) is 19.4 Å². The second kappa shape index (κ2) is 9.55. The van der Waals surface area contributed by atoms with Crippen molar-refractivity contribution >= 4 is 17.6 Å². The van der Waals surface area contributed by atoms with E-state index in [2.05, 4.69) is 22.2 Å². The number of hydrogen-bond donors (Lipinski definition) is 2. The SMILES string of the molecule is CN1CCN(CC(C)(C)NC(=O)N(CCO)Cc2ccccc2Cl)CC1. The molecule has 1 aliphatic rings. The Morgan fingerprint density at radius 3 is 2.54 bits per heavy atom. The van der Waals surface area contributed by atoms with Gasteiger partial charge < -0.3 is 20.2 Å². The lowest BCUT2D eigenvalue weighted by atomic mass is 10.0. The van der Waals surface area contributed by atoms with Gasteiger partial charge in [0.15, 0.2) is 0 Å². The lowest BCUT2D eigenvalue weighted by molar-refractivity contribution is 0.119. The zero-order valence-electron chi connectivity index (χ0n) is 16.0. The van der Waals surface area contributed by atoms with Crippen LogP contribution in [0.5, 0.6) is 0 Å². The number of likely N-dealkylation sites (N-methyl/N-ethyl adjacent to an activating group) is 1. The molecule has 1 aromatic carbocycles. The molecule has 1 saturated heterocycles. The van der Waals surface area contributed by atoms with Crippen molar-refractivity contribution in [3.63, 3.8) is 0 Å². The zero-order valence-corrected chi connectivity index (χ0v) is 16.8. The maximum absolute atomic E-state index is 12.8. The summed E-state index contributed by atoms with van der Waals surface area (Å²) >= 11 is 6.22. The normalized spacial score (nSPS) is 16.5. The molecule has 0 radical (unpaired) electrons. The van der Waals surface area contributed by atoms with Crippen molar-refractivity contribution < 1.29 is 9.90 Å². The van der Waals surface area contributed by atoms with E-state index in [1.54, 1.807) is 4.90 Å². The Morgan fingerprint density at radius 2 is 1.92 bits per heavy atom. The Kier molecular flexibility index (Phi) is 7.70. The van der Waals surface area contributed by atoms with E-state index in [0.717, 1.165) is 38.3 Å². The standard InChI is InChI=1S/C19H31ClN4O2/c1-19(2,15-23-10-8-22(3)9-11-23)21-18(26)24(12-13-25)14-16-6-4-5-7-17(16)20/h4-7,25H,8-15H2,1-3H3,(H,21,26). The summed E-state index contributed by atoms with van der Waals surface area (Å²) in [5.41, 5.74) is 0.510. The maximum atomic E-state index is 12.8. The van der Waals surface area contributed by atoms with Crippen LogP contribution in [-0.2, 0) is 6.54 Å². The first kappa shape index (κ1) is 21.0. The summed E-state index contributed by atoms with van der Waals surface area (Å²) in [5.74, 6) is 0. The predicted molar refractivity (Wildman–Crippen MR) is 105 cm³/mol. The van der Waals surface area contributed by atoms with E-state index in [0.29, 0.717) is 11.6 Å². The molecular weight excluding hydrogens is 352 g/mol. The third kappa shape index (κ3) is 6.43. The van der Waals surface area contributed by atoms with E-state index in [9.17, 15) is 9.90 Å². The molecule has 1 heterocycles. The Balaban J connectivity index is 1.95. The van der Waals surface area contributed by atoms with Gasteiger partial charge in [0, 0.05) is 56.4 Å². The fraction of sp³-hybridized carbons (Fsp3) is 0.632. The Bertz CT molecular complexity index is 589. The van der Waals surface area contributed by atoms with E-state index in [4.69, 9.17) is 11.6 Å². The fourth-order valence-electron chi connectivity index (χ4n) is 3.18. The minimum absolute atomic E-state index is 0.0865. The Morgan fingerprint density at radius 1 is 1.27 bits per heavy atom. The summed E-state index contributed by atoms with van der Waals surface area (Å²) in [6.07, 6.45) is 0. The van der Waals surface area contributed by atoms with Crippen molar-refractivity contribution in [1.29, 1.82) is 0 Å². The molecule has 26 heavy (non-hydrogen) atoms. The minimum atomic E-state index is -0.360. The predicted octanol–water partition coefficient (Wildman–Crippen LogP) is 1.87. The van der Waals surface area contributed by atoms with Gasteiger partial charge in [0.25, 0.3) is 0 Å². The molecule has 7 heteroatoms. The average Bonchev–Trinajstić information content (AvgIpc) is 2.57. The third-order valence-electron chi connectivity index (χ3n) is 4.64. The van der Waals surface area contributed by atoms with Crippen molar-refractivity contribution in [3.05, 3.63) is 34.9 Å². The van der Waals surface area contributed by atoms with Crippen molar-refractivity contribution in [2.24, 2.45) is 0 Å². The molecule has 0 spiro atoms. The van der Waals surface area contributed by atoms with E-state index in [1.807, 2.05) is 38.1 Å². The number of nitrogens with zero attached hydrogens (tertiary/aromatic N) is 3. The molecule has 1 aliphatic heterocycles. The van der Waals surface area contributed by atoms with Gasteiger partial charge >= 0.3 is 6.03 Å². The molecule has 0 unspecified atom stereocenters. The summed E-state index contributed by atoms with van der Waals surface area (Å²) < 4.78 is 0. The Hall–Kier alpha value is -1.34. The summed E-state index contributed by atoms with van der Waals surface area (Å²) in [4.78, 5) is 19.1. The van der Waals surface area contributed by atoms with Gasteiger partial charge in [-0.1, -0.05) is 29.8 Å². The highest BCUT2D eigenvalue weighted by Gasteiger charge is 2.27. The van der Waals surface area contributed by atoms with E-state index >= 15 is 0 Å². The largest absolute Gasteiger partial charge is 0.395 e. The van der Waals surface area contributed by atoms with Crippen LogP contribution in [0, 0.1) is 0 Å². The lowest BCUT2D eigenvalue weighted by Gasteiger charge is -2.39. The molecule has 2 rings (SSSR count). The number of aliphatic hydroxyl groups excluding tert-OH is 1. The molecule has 1 fully saturated rings. The summed E-state index contributed by atoms with van der Waals surface area (Å²) in [6, 6.07) is 7.28. The number of hydrogen-bond acceptors (Lipinski definition) is 4. The number of halogens is 1. The van der Waals surface area contributed by atoms with Gasteiger partial charge in [-0.2, -0.15) is 0 Å². The smallest absolute Gasteiger partial charge is 0.318 e. The van der Waals surface area contributed by atoms with Crippen LogP contribution in [0.15, 0.2) is 24.3 Å². The monoisotopic (exact) mass is 382 g/mol. The number of carbonyl (C=O) groups is 1. The molecule has 0 saturated carbocycles. The topological polar surface area (TPSA) is 59.0 Å². The maximum Gasteiger partial charge on any atom is 0.318 e. The first-order chi connectivity index (χ1) is 12.3. The molecule has 146 valence electrons. The van der Waals surface area contributed by atoms with Crippen LogP contribution in [0.3, 0.4) is 0 Å². The van der Waals surface area contributed by atoms with Gasteiger partial charge in [-0.3, -0.25) is 4.90 Å². The molecule has 0 atom stereocenters. The summed E-state index contributed by atoms with van der Waals surface area (Å²) in [7, 11) is 2.13. The highest BCUT2D eigenvalue weighted by molar-refractivity contribution is 6.31. The van der Waals surface area contributed by atoms with E-state index in [-0.39, 0.29) is 24.7 Å². The van der Waals surface area contributed by atoms with Gasteiger partial charge in [-0.25, -0.2) is 4.79 Å². The molecule has 6 nitrogen and oxygen atoms in total. The number of rotatable bonds is 7. The van der Waals surface area contributed by atoms with Crippen molar-refractivity contribution in [1.82, 2.24) is 20.0 Å². The number of piperazine rings is 1. The van der Waals surface area contributed by atoms with Crippen molar-refractivity contribution in [2.45, 2.75) is 25.9 Å². The number of amides is 2. The van der Waals surface area contributed by atoms with Crippen LogP contribution in [0.25, 0.3) is 0 Å². The number of benzene rings is 1. The second-order valence-corrected chi connectivity index (χ2v) is 8.04. The van der Waals surface area contributed by atoms with Gasteiger partial charge in [0.2, 0.25) is 0 Å². The fourth-order valence-corrected chi connectivity index (χ4v) is 3.37. The average molecular weight is 383 g/mol. The first-order valence-electron chi connectivity index (χ1n) is 9.13. The molecular formula is C19H31ClN4O2. The number of nitrogens with one attached hydrogen (secondary N) is 1. The van der Waals surface area contributed by atoms with E-state index in [1.165, 1.54) is 0 Å². The summed E-state index contributed by atoms with van der Waals surface area (Å²) in [5, 5.41) is 13.1. The van der Waals surface area contributed by atoms with Gasteiger partial charge in [-0.15, -0.1) is 0 Å². The van der Waals surface area contributed by atoms with Crippen LogP contribution >= 0.6 is 11.6 Å². The van der Waals surface area contributed by atoms with Gasteiger partial charge in [0.1, 0.15) is 0 Å². The molecule has 0 aliphatic carbocycles. The second-order valence-electron chi connectivity index (χ2n) is 7.63. The molecule has 2 amide bonds. The molecule has 0 bridgehead atoms. The van der Waals surface area contributed by atoms with Crippen LogP contribution < -0.4 is 5.32 Å².